The Kier molecular flexibility index (Phi) is 5.51. The molecule has 0 bridgehead atoms. The van der Waals surface area contributed by atoms with Crippen LogP contribution in [0.2, 0.25) is 0 Å². The van der Waals surface area contributed by atoms with E-state index < -0.39 is 0 Å². The van der Waals surface area contributed by atoms with E-state index in [0.717, 1.165) is 17.7 Å². The van der Waals surface area contributed by atoms with Crippen molar-refractivity contribution in [2.75, 3.05) is 12.3 Å². The van der Waals surface area contributed by atoms with Crippen molar-refractivity contribution in [1.82, 2.24) is 5.32 Å². The number of rotatable bonds is 7. The molecule has 1 amide bonds. The summed E-state index contributed by atoms with van der Waals surface area (Å²) in [7, 11) is 0. The van der Waals surface area contributed by atoms with E-state index in [0.29, 0.717) is 11.4 Å². The molecule has 0 radical (unpaired) electrons. The molecule has 0 atom stereocenters. The van der Waals surface area contributed by atoms with Crippen LogP contribution in [-0.4, -0.2) is 18.2 Å². The largest absolute Gasteiger partial charge is 0.399 e. The van der Waals surface area contributed by atoms with Gasteiger partial charge in [0.1, 0.15) is 0 Å². The summed E-state index contributed by atoms with van der Waals surface area (Å²) in [6, 6.07) is 11.2. The first-order valence-corrected chi connectivity index (χ1v) is 7.71. The molecule has 4 nitrogen and oxygen atoms in total. The van der Waals surface area contributed by atoms with E-state index in [1.807, 2.05) is 35.7 Å². The molecule has 0 saturated heterocycles. The minimum Gasteiger partial charge on any atom is -0.399 e. The molecule has 1 aromatic heterocycles. The molecule has 0 unspecified atom stereocenters. The number of carbonyl (C=O) groups is 2. The molecule has 2 aromatic rings. The average molecular weight is 302 g/mol. The maximum atomic E-state index is 11.8. The highest BCUT2D eigenvalue weighted by Gasteiger charge is 2.09. The monoisotopic (exact) mass is 302 g/mol. The first-order valence-electron chi connectivity index (χ1n) is 6.83. The number of amides is 1. The van der Waals surface area contributed by atoms with Crippen LogP contribution in [0.1, 0.15) is 28.1 Å². The maximum absolute atomic E-state index is 11.8. The van der Waals surface area contributed by atoms with Crippen molar-refractivity contribution >= 4 is 28.7 Å². The SMILES string of the molecule is Nc1ccc(CCNC(=O)CCC(=O)c2cccs2)cc1. The Morgan fingerprint density at radius 1 is 1.10 bits per heavy atom. The Bertz CT molecular complexity index is 591. The van der Waals surface area contributed by atoms with Crippen molar-refractivity contribution in [3.8, 4) is 0 Å². The van der Waals surface area contributed by atoms with Crippen molar-refractivity contribution in [2.45, 2.75) is 19.3 Å². The number of nitrogen functional groups attached to an aromatic ring is 1. The normalized spacial score (nSPS) is 10.3. The highest BCUT2D eigenvalue weighted by atomic mass is 32.1. The lowest BCUT2D eigenvalue weighted by atomic mass is 10.1. The Morgan fingerprint density at radius 2 is 1.86 bits per heavy atom. The van der Waals surface area contributed by atoms with E-state index in [1.165, 1.54) is 11.3 Å². The Morgan fingerprint density at radius 3 is 2.52 bits per heavy atom. The third-order valence-corrected chi connectivity index (χ3v) is 4.00. The van der Waals surface area contributed by atoms with Crippen LogP contribution >= 0.6 is 11.3 Å². The van der Waals surface area contributed by atoms with Crippen LogP contribution in [0.4, 0.5) is 5.69 Å². The quantitative estimate of drug-likeness (QED) is 0.610. The fraction of sp³-hybridized carbons (Fsp3) is 0.250. The number of ketones is 1. The summed E-state index contributed by atoms with van der Waals surface area (Å²) in [4.78, 5) is 24.2. The van der Waals surface area contributed by atoms with E-state index in [1.54, 1.807) is 6.07 Å². The number of nitrogens with two attached hydrogens (primary N) is 1. The molecule has 0 aliphatic heterocycles. The van der Waals surface area contributed by atoms with Crippen molar-refractivity contribution in [3.63, 3.8) is 0 Å². The maximum Gasteiger partial charge on any atom is 0.220 e. The summed E-state index contributed by atoms with van der Waals surface area (Å²) < 4.78 is 0. The van der Waals surface area contributed by atoms with Crippen LogP contribution in [0.3, 0.4) is 0 Å². The summed E-state index contributed by atoms with van der Waals surface area (Å²) in [5.41, 5.74) is 7.47. The first kappa shape index (κ1) is 15.3. The molecule has 0 saturated carbocycles. The first-order chi connectivity index (χ1) is 10.1. The molecule has 1 heterocycles. The second-order valence-electron chi connectivity index (χ2n) is 4.74. The van der Waals surface area contributed by atoms with Gasteiger partial charge in [-0.2, -0.15) is 0 Å². The summed E-state index contributed by atoms with van der Waals surface area (Å²) in [6.45, 7) is 0.565. The summed E-state index contributed by atoms with van der Waals surface area (Å²) >= 11 is 1.41. The molecule has 0 aliphatic rings. The number of carbonyl (C=O) groups excluding carboxylic acids is 2. The summed E-state index contributed by atoms with van der Waals surface area (Å²) in [5.74, 6) is -0.0611. The van der Waals surface area contributed by atoms with Gasteiger partial charge in [0.05, 0.1) is 4.88 Å². The number of hydrogen-bond donors (Lipinski definition) is 2. The van der Waals surface area contributed by atoms with Crippen LogP contribution in [0.25, 0.3) is 0 Å². The number of benzene rings is 1. The second kappa shape index (κ2) is 7.59. The molecule has 3 N–H and O–H groups in total. The van der Waals surface area contributed by atoms with Crippen LogP contribution < -0.4 is 11.1 Å². The van der Waals surface area contributed by atoms with Gasteiger partial charge in [-0.05, 0) is 35.6 Å². The van der Waals surface area contributed by atoms with E-state index in [4.69, 9.17) is 5.73 Å². The number of thiophene rings is 1. The zero-order valence-corrected chi connectivity index (χ0v) is 12.5. The lowest BCUT2D eigenvalue weighted by Crippen LogP contribution is -2.26. The van der Waals surface area contributed by atoms with Gasteiger partial charge in [-0.1, -0.05) is 18.2 Å². The number of nitrogens with one attached hydrogen (secondary N) is 1. The average Bonchev–Trinajstić information content (AvgIpc) is 3.01. The number of Topliss-reactive ketones (excluding diaryl/α,β-unsaturated/α-hetero) is 1. The molecule has 0 spiro atoms. The third kappa shape index (κ3) is 5.04. The fourth-order valence-electron chi connectivity index (χ4n) is 1.91. The van der Waals surface area contributed by atoms with Crippen molar-refractivity contribution in [2.24, 2.45) is 0 Å². The van der Waals surface area contributed by atoms with Gasteiger partial charge in [0.2, 0.25) is 5.91 Å². The highest BCUT2D eigenvalue weighted by Crippen LogP contribution is 2.12. The highest BCUT2D eigenvalue weighted by molar-refractivity contribution is 7.12. The van der Waals surface area contributed by atoms with Crippen LogP contribution in [0, 0.1) is 0 Å². The smallest absolute Gasteiger partial charge is 0.220 e. The molecule has 2 rings (SSSR count). The van der Waals surface area contributed by atoms with Crippen molar-refractivity contribution in [3.05, 3.63) is 52.2 Å². The van der Waals surface area contributed by atoms with Crippen LogP contribution in [-0.2, 0) is 11.2 Å². The van der Waals surface area contributed by atoms with Crippen LogP contribution in [0.15, 0.2) is 41.8 Å². The minimum absolute atomic E-state index is 0.0266. The van der Waals surface area contributed by atoms with Gasteiger partial charge in [0.15, 0.2) is 5.78 Å². The van der Waals surface area contributed by atoms with Gasteiger partial charge in [-0.3, -0.25) is 9.59 Å². The topological polar surface area (TPSA) is 72.2 Å². The molecule has 0 aliphatic carbocycles. The Balaban J connectivity index is 1.66. The second-order valence-corrected chi connectivity index (χ2v) is 5.69. The van der Waals surface area contributed by atoms with Gasteiger partial charge in [0, 0.05) is 25.1 Å². The van der Waals surface area contributed by atoms with Crippen molar-refractivity contribution < 1.29 is 9.59 Å². The lowest BCUT2D eigenvalue weighted by molar-refractivity contribution is -0.121. The van der Waals surface area contributed by atoms with Gasteiger partial charge in [0.25, 0.3) is 0 Å². The third-order valence-electron chi connectivity index (χ3n) is 3.09. The van der Waals surface area contributed by atoms with E-state index in [2.05, 4.69) is 5.32 Å². The summed E-state index contributed by atoms with van der Waals surface area (Å²) in [5, 5.41) is 4.69. The number of hydrogen-bond acceptors (Lipinski definition) is 4. The molecule has 5 heteroatoms. The molecular weight excluding hydrogens is 284 g/mol. The molecular formula is C16H18N2O2S. The number of anilines is 1. The fourth-order valence-corrected chi connectivity index (χ4v) is 2.60. The Labute approximate surface area is 128 Å². The Hall–Kier alpha value is -2.14. The lowest BCUT2D eigenvalue weighted by Gasteiger charge is -2.05. The predicted molar refractivity (Wildman–Crippen MR) is 85.5 cm³/mol. The zero-order valence-electron chi connectivity index (χ0n) is 11.7. The molecule has 0 fully saturated rings. The van der Waals surface area contributed by atoms with Crippen molar-refractivity contribution in [1.29, 1.82) is 0 Å². The molecule has 110 valence electrons. The van der Waals surface area contributed by atoms with Gasteiger partial charge in [-0.25, -0.2) is 0 Å². The molecule has 21 heavy (non-hydrogen) atoms. The zero-order chi connectivity index (χ0) is 15.1. The van der Waals surface area contributed by atoms with E-state index >= 15 is 0 Å². The summed E-state index contributed by atoms with van der Waals surface area (Å²) in [6.07, 6.45) is 1.25. The predicted octanol–water partition coefficient (Wildman–Crippen LogP) is 2.65. The minimum atomic E-state index is -0.0876. The van der Waals surface area contributed by atoms with Crippen LogP contribution in [0.5, 0.6) is 0 Å². The van der Waals surface area contributed by atoms with E-state index in [9.17, 15) is 9.59 Å². The standard InChI is InChI=1S/C16H18N2O2S/c17-13-5-3-12(4-6-13)9-10-18-16(20)8-7-14(19)15-2-1-11-21-15/h1-6,11H,7-10,17H2,(H,18,20). The van der Waals surface area contributed by atoms with Gasteiger partial charge in [-0.15, -0.1) is 11.3 Å². The van der Waals surface area contributed by atoms with Gasteiger partial charge < -0.3 is 11.1 Å². The van der Waals surface area contributed by atoms with E-state index in [-0.39, 0.29) is 24.5 Å². The molecule has 1 aromatic carbocycles. The van der Waals surface area contributed by atoms with Gasteiger partial charge >= 0.3 is 0 Å².